The van der Waals surface area contributed by atoms with Crippen LogP contribution in [-0.2, 0) is 14.4 Å². The number of amides is 2. The number of rotatable bonds is 9. The zero-order valence-corrected chi connectivity index (χ0v) is 14.5. The van der Waals surface area contributed by atoms with Crippen LogP contribution in [0.2, 0.25) is 0 Å². The molecule has 1 aliphatic carbocycles. The summed E-state index contributed by atoms with van der Waals surface area (Å²) >= 11 is 1.20. The molecule has 2 amide bonds. The lowest BCUT2D eigenvalue weighted by Gasteiger charge is -2.24. The van der Waals surface area contributed by atoms with Crippen molar-refractivity contribution >= 4 is 35.4 Å². The molecule has 0 spiro atoms. The number of nitrogens with one attached hydrogen (secondary N) is 1. The molecule has 2 N–H and O–H groups in total. The fraction of sp³-hybridized carbons (Fsp3) is 0.600. The van der Waals surface area contributed by atoms with Gasteiger partial charge in [-0.05, 0) is 19.8 Å². The molecular formula is C15H21N3O5S. The van der Waals surface area contributed by atoms with Crippen LogP contribution in [0.5, 0.6) is 0 Å². The lowest BCUT2D eigenvalue weighted by molar-refractivity contribution is -0.142. The molecule has 24 heavy (non-hydrogen) atoms. The van der Waals surface area contributed by atoms with Crippen LogP contribution in [0.25, 0.3) is 0 Å². The van der Waals surface area contributed by atoms with Gasteiger partial charge < -0.3 is 19.8 Å². The van der Waals surface area contributed by atoms with E-state index in [1.165, 1.54) is 11.8 Å². The van der Waals surface area contributed by atoms with Gasteiger partial charge in [0.2, 0.25) is 11.8 Å². The lowest BCUT2D eigenvalue weighted by Crippen LogP contribution is -2.39. The van der Waals surface area contributed by atoms with Gasteiger partial charge in [0.15, 0.2) is 5.82 Å². The van der Waals surface area contributed by atoms with Crippen molar-refractivity contribution in [2.45, 2.75) is 32.7 Å². The molecule has 0 bridgehead atoms. The molecule has 0 radical (unpaired) electrons. The van der Waals surface area contributed by atoms with Gasteiger partial charge in [-0.1, -0.05) is 12.1 Å². The number of anilines is 1. The molecule has 1 aromatic rings. The highest BCUT2D eigenvalue weighted by molar-refractivity contribution is 8.00. The Morgan fingerprint density at radius 1 is 1.46 bits per heavy atom. The first-order chi connectivity index (χ1) is 11.4. The van der Waals surface area contributed by atoms with E-state index in [4.69, 9.17) is 9.63 Å². The molecule has 1 fully saturated rings. The highest BCUT2D eigenvalue weighted by Gasteiger charge is 2.34. The monoisotopic (exact) mass is 355 g/mol. The molecular weight excluding hydrogens is 334 g/mol. The summed E-state index contributed by atoms with van der Waals surface area (Å²) in [6.07, 6.45) is 1.82. The molecule has 1 aromatic heterocycles. The SMILES string of the molecule is Cc1cc(NC(=O)CSCC(=O)N(CC(C)C(=O)O)C2CC2)no1. The van der Waals surface area contributed by atoms with Crippen molar-refractivity contribution in [1.29, 1.82) is 0 Å². The minimum absolute atomic E-state index is 0.116. The van der Waals surface area contributed by atoms with Crippen molar-refractivity contribution < 1.29 is 24.0 Å². The van der Waals surface area contributed by atoms with Gasteiger partial charge in [-0.3, -0.25) is 14.4 Å². The maximum atomic E-state index is 12.3. The molecule has 1 heterocycles. The van der Waals surface area contributed by atoms with Gasteiger partial charge in [-0.25, -0.2) is 0 Å². The Hall–Kier alpha value is -2.03. The largest absolute Gasteiger partial charge is 0.481 e. The van der Waals surface area contributed by atoms with E-state index >= 15 is 0 Å². The number of carboxylic acids is 1. The van der Waals surface area contributed by atoms with Crippen molar-refractivity contribution in [3.8, 4) is 0 Å². The fourth-order valence-electron chi connectivity index (χ4n) is 2.13. The van der Waals surface area contributed by atoms with Gasteiger partial charge in [-0.15, -0.1) is 11.8 Å². The fourth-order valence-corrected chi connectivity index (χ4v) is 2.83. The number of aromatic nitrogens is 1. The Morgan fingerprint density at radius 3 is 2.71 bits per heavy atom. The molecule has 1 unspecified atom stereocenters. The molecule has 2 rings (SSSR count). The van der Waals surface area contributed by atoms with Crippen LogP contribution in [0, 0.1) is 12.8 Å². The lowest BCUT2D eigenvalue weighted by atomic mass is 10.1. The molecule has 0 aromatic carbocycles. The standard InChI is InChI=1S/C15H21N3O5S/c1-9(15(21)22)6-18(11-3-4-11)14(20)8-24-7-13(19)16-12-5-10(2)23-17-12/h5,9,11H,3-4,6-8H2,1-2H3,(H,21,22)(H,16,17,19). The Labute approximate surface area is 143 Å². The quantitative estimate of drug-likeness (QED) is 0.688. The maximum Gasteiger partial charge on any atom is 0.308 e. The summed E-state index contributed by atoms with van der Waals surface area (Å²) in [5.41, 5.74) is 0. The van der Waals surface area contributed by atoms with Crippen molar-refractivity contribution in [3.63, 3.8) is 0 Å². The van der Waals surface area contributed by atoms with Gasteiger partial charge >= 0.3 is 5.97 Å². The second kappa shape index (κ2) is 8.18. The minimum Gasteiger partial charge on any atom is -0.481 e. The topological polar surface area (TPSA) is 113 Å². The predicted octanol–water partition coefficient (Wildman–Crippen LogP) is 1.37. The smallest absolute Gasteiger partial charge is 0.308 e. The summed E-state index contributed by atoms with van der Waals surface area (Å²) in [7, 11) is 0. The van der Waals surface area contributed by atoms with Crippen molar-refractivity contribution in [3.05, 3.63) is 11.8 Å². The third-order valence-corrected chi connectivity index (χ3v) is 4.47. The first-order valence-corrected chi connectivity index (χ1v) is 8.85. The van der Waals surface area contributed by atoms with Crippen LogP contribution >= 0.6 is 11.8 Å². The van der Waals surface area contributed by atoms with Crippen LogP contribution in [-0.4, -0.2) is 57.0 Å². The summed E-state index contributed by atoms with van der Waals surface area (Å²) in [6.45, 7) is 3.52. The van der Waals surface area contributed by atoms with Crippen LogP contribution in [0.15, 0.2) is 10.6 Å². The molecule has 1 aliphatic rings. The van der Waals surface area contributed by atoms with E-state index in [-0.39, 0.29) is 35.9 Å². The van der Waals surface area contributed by atoms with Gasteiger partial charge in [0.05, 0.1) is 17.4 Å². The third-order valence-electron chi connectivity index (χ3n) is 3.55. The number of carboxylic acid groups (broad SMARTS) is 1. The summed E-state index contributed by atoms with van der Waals surface area (Å²) in [4.78, 5) is 36.6. The number of carbonyl (C=O) groups is 3. The number of hydrogen-bond donors (Lipinski definition) is 2. The Balaban J connectivity index is 1.74. The minimum atomic E-state index is -0.914. The molecule has 132 valence electrons. The second-order valence-electron chi connectivity index (χ2n) is 5.88. The van der Waals surface area contributed by atoms with E-state index < -0.39 is 11.9 Å². The zero-order valence-electron chi connectivity index (χ0n) is 13.7. The molecule has 1 saturated carbocycles. The van der Waals surface area contributed by atoms with E-state index in [0.717, 1.165) is 12.8 Å². The molecule has 0 saturated heterocycles. The van der Waals surface area contributed by atoms with Crippen molar-refractivity contribution in [1.82, 2.24) is 10.1 Å². The average molecular weight is 355 g/mol. The van der Waals surface area contributed by atoms with Gasteiger partial charge in [-0.2, -0.15) is 0 Å². The van der Waals surface area contributed by atoms with Gasteiger partial charge in [0.25, 0.3) is 0 Å². The Morgan fingerprint density at radius 2 is 2.17 bits per heavy atom. The van der Waals surface area contributed by atoms with Crippen LogP contribution < -0.4 is 5.32 Å². The zero-order chi connectivity index (χ0) is 17.7. The van der Waals surface area contributed by atoms with Gasteiger partial charge in [0, 0.05) is 18.7 Å². The summed E-state index contributed by atoms with van der Waals surface area (Å²) in [6, 6.07) is 1.75. The number of carbonyl (C=O) groups excluding carboxylic acids is 2. The predicted molar refractivity (Wildman–Crippen MR) is 88.7 cm³/mol. The van der Waals surface area contributed by atoms with E-state index in [0.29, 0.717) is 11.6 Å². The average Bonchev–Trinajstić information content (AvgIpc) is 3.27. The number of aliphatic carboxylic acids is 1. The first-order valence-electron chi connectivity index (χ1n) is 7.70. The highest BCUT2D eigenvalue weighted by Crippen LogP contribution is 2.28. The molecule has 9 heteroatoms. The van der Waals surface area contributed by atoms with E-state index in [1.54, 1.807) is 24.8 Å². The normalized spacial score (nSPS) is 14.9. The van der Waals surface area contributed by atoms with E-state index in [1.807, 2.05) is 0 Å². The summed E-state index contributed by atoms with van der Waals surface area (Å²) < 4.78 is 4.85. The Bertz CT molecular complexity index is 614. The summed E-state index contributed by atoms with van der Waals surface area (Å²) in [5.74, 6) is -0.695. The summed E-state index contributed by atoms with van der Waals surface area (Å²) in [5, 5.41) is 15.2. The van der Waals surface area contributed by atoms with Gasteiger partial charge in [0.1, 0.15) is 5.76 Å². The Kier molecular flexibility index (Phi) is 6.24. The van der Waals surface area contributed by atoms with Crippen LogP contribution in [0.1, 0.15) is 25.5 Å². The number of thioether (sulfide) groups is 1. The first kappa shape index (κ1) is 18.3. The second-order valence-corrected chi connectivity index (χ2v) is 6.87. The van der Waals surface area contributed by atoms with Crippen LogP contribution in [0.3, 0.4) is 0 Å². The van der Waals surface area contributed by atoms with Crippen LogP contribution in [0.4, 0.5) is 5.82 Å². The van der Waals surface area contributed by atoms with E-state index in [2.05, 4.69) is 10.5 Å². The molecule has 1 atom stereocenters. The third kappa shape index (κ3) is 5.55. The maximum absolute atomic E-state index is 12.3. The highest BCUT2D eigenvalue weighted by atomic mass is 32.2. The van der Waals surface area contributed by atoms with Crippen molar-refractivity contribution in [2.24, 2.45) is 5.92 Å². The number of hydrogen-bond acceptors (Lipinski definition) is 6. The molecule has 8 nitrogen and oxygen atoms in total. The van der Waals surface area contributed by atoms with Crippen molar-refractivity contribution in [2.75, 3.05) is 23.4 Å². The van der Waals surface area contributed by atoms with E-state index in [9.17, 15) is 14.4 Å². The number of nitrogens with zero attached hydrogens (tertiary/aromatic N) is 2. The molecule has 0 aliphatic heterocycles. The number of aryl methyl sites for hydroxylation is 1.